The number of likely N-dealkylation sites (tertiary alicyclic amines) is 1. The average Bonchev–Trinajstić information content (AvgIpc) is 3.20. The fraction of sp³-hybridized carbons (Fsp3) is 0.312. The number of halogens is 1. The average molecular weight is 335 g/mol. The number of oxazole rings is 1. The second kappa shape index (κ2) is 5.57. The Morgan fingerprint density at radius 3 is 3.09 bits per heavy atom. The van der Waals surface area contributed by atoms with Crippen molar-refractivity contribution in [3.63, 3.8) is 0 Å². The minimum Gasteiger partial charge on any atom is -0.408 e. The normalized spacial score (nSPS) is 19.2. The fourth-order valence-corrected chi connectivity index (χ4v) is 4.21. The second-order valence-electron chi connectivity index (χ2n) is 5.54. The molecule has 1 fully saturated rings. The van der Waals surface area contributed by atoms with E-state index in [1.165, 1.54) is 4.88 Å². The van der Waals surface area contributed by atoms with Crippen LogP contribution in [0.5, 0.6) is 0 Å². The van der Waals surface area contributed by atoms with Crippen LogP contribution in [0, 0.1) is 0 Å². The third-order valence-electron chi connectivity index (χ3n) is 4.19. The predicted molar refractivity (Wildman–Crippen MR) is 88.5 cm³/mol. The summed E-state index contributed by atoms with van der Waals surface area (Å²) in [6.07, 6.45) is 2.29. The van der Waals surface area contributed by atoms with E-state index >= 15 is 0 Å². The predicted octanol–water partition coefficient (Wildman–Crippen LogP) is 4.10. The molecule has 0 bridgehead atoms. The summed E-state index contributed by atoms with van der Waals surface area (Å²) >= 11 is 7.74. The Balaban J connectivity index is 1.68. The van der Waals surface area contributed by atoms with E-state index < -0.39 is 0 Å². The molecule has 0 radical (unpaired) electrons. The van der Waals surface area contributed by atoms with Crippen molar-refractivity contribution in [3.05, 3.63) is 56.2 Å². The maximum absolute atomic E-state index is 12.2. The minimum absolute atomic E-state index is 0.325. The highest BCUT2D eigenvalue weighted by atomic mass is 35.5. The molecule has 2 aromatic heterocycles. The lowest BCUT2D eigenvalue weighted by Gasteiger charge is -2.23. The maximum Gasteiger partial charge on any atom is 0.421 e. The van der Waals surface area contributed by atoms with Crippen molar-refractivity contribution in [2.24, 2.45) is 0 Å². The second-order valence-corrected chi connectivity index (χ2v) is 6.95. The summed E-state index contributed by atoms with van der Waals surface area (Å²) < 4.78 is 7.01. The molecule has 0 saturated carbocycles. The minimum atomic E-state index is -0.325. The van der Waals surface area contributed by atoms with E-state index in [9.17, 15) is 4.79 Å². The van der Waals surface area contributed by atoms with Gasteiger partial charge in [-0.25, -0.2) is 4.79 Å². The van der Waals surface area contributed by atoms with E-state index in [2.05, 4.69) is 22.4 Å². The first-order valence-corrected chi connectivity index (χ1v) is 8.54. The molecule has 0 spiro atoms. The summed E-state index contributed by atoms with van der Waals surface area (Å²) in [6, 6.07) is 9.97. The van der Waals surface area contributed by atoms with E-state index in [0.29, 0.717) is 23.3 Å². The van der Waals surface area contributed by atoms with Crippen molar-refractivity contribution in [3.8, 4) is 0 Å². The van der Waals surface area contributed by atoms with E-state index in [-0.39, 0.29) is 5.76 Å². The van der Waals surface area contributed by atoms with Crippen LogP contribution in [0.4, 0.5) is 0 Å². The number of fused-ring (bicyclic) bond motifs is 1. The molecule has 0 aliphatic carbocycles. The topological polar surface area (TPSA) is 38.4 Å². The van der Waals surface area contributed by atoms with Crippen molar-refractivity contribution < 1.29 is 4.42 Å². The van der Waals surface area contributed by atoms with Crippen LogP contribution in [0.25, 0.3) is 11.1 Å². The molecule has 1 aliphatic rings. The quantitative estimate of drug-likeness (QED) is 0.723. The summed E-state index contributed by atoms with van der Waals surface area (Å²) in [6.45, 7) is 1.55. The van der Waals surface area contributed by atoms with Gasteiger partial charge in [-0.05, 0) is 36.4 Å². The Labute approximate surface area is 136 Å². The molecule has 1 atom stereocenters. The van der Waals surface area contributed by atoms with Crippen LogP contribution in [0.2, 0.25) is 5.02 Å². The molecule has 1 aromatic carbocycles. The van der Waals surface area contributed by atoms with Gasteiger partial charge in [0.05, 0.1) is 12.2 Å². The van der Waals surface area contributed by atoms with Gasteiger partial charge in [0.1, 0.15) is 0 Å². The van der Waals surface area contributed by atoms with Gasteiger partial charge < -0.3 is 4.42 Å². The van der Waals surface area contributed by atoms with Crippen LogP contribution in [-0.2, 0) is 6.67 Å². The lowest BCUT2D eigenvalue weighted by Crippen LogP contribution is -2.30. The van der Waals surface area contributed by atoms with Gasteiger partial charge in [-0.1, -0.05) is 17.7 Å². The number of rotatable bonds is 3. The van der Waals surface area contributed by atoms with Crippen LogP contribution in [0.1, 0.15) is 23.8 Å². The van der Waals surface area contributed by atoms with Gasteiger partial charge in [0, 0.05) is 28.6 Å². The molecular formula is C16H15ClN2O2S. The standard InChI is InChI=1S/C16H15ClN2O2S/c17-11-5-6-12-14(9-11)21-16(20)19(12)10-18-7-1-3-13(18)15-4-2-8-22-15/h2,4-6,8-9,13H,1,3,7,10H2/t13-/m1/s1. The Morgan fingerprint density at radius 1 is 1.36 bits per heavy atom. The van der Waals surface area contributed by atoms with Gasteiger partial charge in [-0.2, -0.15) is 0 Å². The summed E-state index contributed by atoms with van der Waals surface area (Å²) in [5, 5.41) is 2.68. The molecule has 6 heteroatoms. The highest BCUT2D eigenvalue weighted by molar-refractivity contribution is 7.10. The first-order chi connectivity index (χ1) is 10.7. The van der Waals surface area contributed by atoms with E-state index in [1.807, 2.05) is 6.07 Å². The smallest absolute Gasteiger partial charge is 0.408 e. The molecule has 3 heterocycles. The molecule has 3 aromatic rings. The number of hydrogen-bond donors (Lipinski definition) is 0. The Hall–Kier alpha value is -1.56. The molecule has 4 nitrogen and oxygen atoms in total. The van der Waals surface area contributed by atoms with Gasteiger partial charge >= 0.3 is 5.76 Å². The highest BCUT2D eigenvalue weighted by Gasteiger charge is 2.27. The number of aromatic nitrogens is 1. The lowest BCUT2D eigenvalue weighted by atomic mass is 10.2. The van der Waals surface area contributed by atoms with Gasteiger partial charge in [0.15, 0.2) is 5.58 Å². The van der Waals surface area contributed by atoms with Gasteiger partial charge in [-0.3, -0.25) is 9.47 Å². The van der Waals surface area contributed by atoms with Crippen molar-refractivity contribution >= 4 is 34.0 Å². The highest BCUT2D eigenvalue weighted by Crippen LogP contribution is 2.35. The number of benzene rings is 1. The van der Waals surface area contributed by atoms with Gasteiger partial charge in [-0.15, -0.1) is 11.3 Å². The van der Waals surface area contributed by atoms with Crippen LogP contribution in [-0.4, -0.2) is 16.0 Å². The molecule has 0 unspecified atom stereocenters. The van der Waals surface area contributed by atoms with Gasteiger partial charge in [0.2, 0.25) is 0 Å². The third kappa shape index (κ3) is 2.39. The molecule has 22 heavy (non-hydrogen) atoms. The lowest BCUT2D eigenvalue weighted by molar-refractivity contribution is 0.200. The first kappa shape index (κ1) is 14.1. The molecule has 0 amide bonds. The fourth-order valence-electron chi connectivity index (χ4n) is 3.15. The number of hydrogen-bond acceptors (Lipinski definition) is 4. The van der Waals surface area contributed by atoms with Crippen molar-refractivity contribution in [2.45, 2.75) is 25.6 Å². The first-order valence-electron chi connectivity index (χ1n) is 7.29. The Kier molecular flexibility index (Phi) is 3.56. The van der Waals surface area contributed by atoms with Crippen molar-refractivity contribution in [1.82, 2.24) is 9.47 Å². The van der Waals surface area contributed by atoms with Crippen LogP contribution in [0.3, 0.4) is 0 Å². The van der Waals surface area contributed by atoms with Gasteiger partial charge in [0.25, 0.3) is 0 Å². The van der Waals surface area contributed by atoms with E-state index in [4.69, 9.17) is 16.0 Å². The zero-order valence-corrected chi connectivity index (χ0v) is 13.4. The molecule has 4 rings (SSSR count). The summed E-state index contributed by atoms with van der Waals surface area (Å²) in [4.78, 5) is 15.9. The van der Waals surface area contributed by atoms with E-state index in [1.54, 1.807) is 28.0 Å². The molecular weight excluding hydrogens is 320 g/mol. The Bertz CT molecular complexity index is 853. The summed E-state index contributed by atoms with van der Waals surface area (Å²) in [5.41, 5.74) is 1.34. The zero-order chi connectivity index (χ0) is 15.1. The SMILES string of the molecule is O=c1oc2cc(Cl)ccc2n1CN1CCC[C@@H]1c1cccs1. The summed E-state index contributed by atoms with van der Waals surface area (Å²) in [7, 11) is 0. The van der Waals surface area contributed by atoms with Crippen LogP contribution < -0.4 is 5.76 Å². The largest absolute Gasteiger partial charge is 0.421 e. The monoisotopic (exact) mass is 334 g/mol. The molecule has 1 aliphatic heterocycles. The molecule has 1 saturated heterocycles. The molecule has 114 valence electrons. The summed E-state index contributed by atoms with van der Waals surface area (Å²) in [5.74, 6) is -0.325. The third-order valence-corrected chi connectivity index (χ3v) is 5.40. The van der Waals surface area contributed by atoms with Crippen molar-refractivity contribution in [2.75, 3.05) is 6.54 Å². The Morgan fingerprint density at radius 2 is 2.27 bits per heavy atom. The molecule has 0 N–H and O–H groups in total. The number of nitrogens with zero attached hydrogens (tertiary/aromatic N) is 2. The number of thiophene rings is 1. The zero-order valence-electron chi connectivity index (χ0n) is 11.9. The van der Waals surface area contributed by atoms with Crippen LogP contribution in [0.15, 0.2) is 44.9 Å². The van der Waals surface area contributed by atoms with E-state index in [0.717, 1.165) is 24.9 Å². The van der Waals surface area contributed by atoms with Crippen molar-refractivity contribution in [1.29, 1.82) is 0 Å². The maximum atomic E-state index is 12.2. The van der Waals surface area contributed by atoms with Crippen LogP contribution >= 0.6 is 22.9 Å².